The van der Waals surface area contributed by atoms with Crippen LogP contribution in [0.15, 0.2) is 51.7 Å². The average Bonchev–Trinajstić information content (AvgIpc) is 2.53. The predicted molar refractivity (Wildman–Crippen MR) is 82.2 cm³/mol. The van der Waals surface area contributed by atoms with E-state index in [1.54, 1.807) is 12.1 Å². The number of rotatable bonds is 4. The average molecular weight is 331 g/mol. The first-order valence-corrected chi connectivity index (χ1v) is 6.71. The first-order chi connectivity index (χ1) is 11.5. The van der Waals surface area contributed by atoms with Gasteiger partial charge in [-0.05, 0) is 18.2 Å². The van der Waals surface area contributed by atoms with E-state index in [1.165, 1.54) is 31.4 Å². The minimum Gasteiger partial charge on any atom is -0.497 e. The molecular formula is C16H10FNO6. The first-order valence-electron chi connectivity index (χ1n) is 6.71. The van der Waals surface area contributed by atoms with Gasteiger partial charge >= 0.3 is 11.3 Å². The second kappa shape index (κ2) is 5.99. The van der Waals surface area contributed by atoms with Gasteiger partial charge in [0.1, 0.15) is 17.1 Å². The molecule has 3 aromatic rings. The van der Waals surface area contributed by atoms with Gasteiger partial charge in [0.05, 0.1) is 12.0 Å². The van der Waals surface area contributed by atoms with Crippen molar-refractivity contribution in [1.29, 1.82) is 0 Å². The monoisotopic (exact) mass is 331 g/mol. The summed E-state index contributed by atoms with van der Waals surface area (Å²) < 4.78 is 29.2. The second-order valence-corrected chi connectivity index (χ2v) is 4.77. The highest BCUT2D eigenvalue weighted by Gasteiger charge is 2.24. The second-order valence-electron chi connectivity index (χ2n) is 4.77. The number of ether oxygens (including phenoxy) is 2. The number of benzene rings is 2. The maximum absolute atomic E-state index is 13.9. The van der Waals surface area contributed by atoms with Crippen molar-refractivity contribution >= 4 is 16.7 Å². The maximum atomic E-state index is 13.9. The summed E-state index contributed by atoms with van der Waals surface area (Å²) in [6.45, 7) is 0. The Morgan fingerprint density at radius 3 is 2.58 bits per heavy atom. The quantitative estimate of drug-likeness (QED) is 0.412. The van der Waals surface area contributed by atoms with E-state index in [1.807, 2.05) is 0 Å². The fraction of sp³-hybridized carbons (Fsp3) is 0.0625. The van der Waals surface area contributed by atoms with Crippen LogP contribution in [0.3, 0.4) is 0 Å². The van der Waals surface area contributed by atoms with E-state index < -0.39 is 22.1 Å². The highest BCUT2D eigenvalue weighted by molar-refractivity contribution is 5.78. The van der Waals surface area contributed by atoms with E-state index in [0.717, 1.165) is 6.07 Å². The molecule has 7 nitrogen and oxygen atoms in total. The van der Waals surface area contributed by atoms with Gasteiger partial charge in [0.15, 0.2) is 0 Å². The van der Waals surface area contributed by atoms with Crippen LogP contribution in [-0.2, 0) is 0 Å². The van der Waals surface area contributed by atoms with E-state index in [0.29, 0.717) is 5.39 Å². The highest BCUT2D eigenvalue weighted by atomic mass is 19.1. The standard InChI is InChI=1S/C16H10FNO6/c1-22-11-6-12(17)16(18(20)21)14(8-11)23-10-4-2-9-3-5-15(19)24-13(9)7-10/h2-8H,1H3. The molecule has 1 aromatic heterocycles. The zero-order chi connectivity index (χ0) is 17.3. The molecule has 3 rings (SSSR count). The summed E-state index contributed by atoms with van der Waals surface area (Å²) in [6.07, 6.45) is 0. The topological polar surface area (TPSA) is 91.8 Å². The Morgan fingerprint density at radius 1 is 1.12 bits per heavy atom. The molecule has 0 aliphatic heterocycles. The molecule has 1 heterocycles. The molecule has 0 spiro atoms. The van der Waals surface area contributed by atoms with Gasteiger partial charge in [-0.25, -0.2) is 4.79 Å². The predicted octanol–water partition coefficient (Wildman–Crippen LogP) is 3.64. The molecule has 0 radical (unpaired) electrons. The van der Waals surface area contributed by atoms with Crippen molar-refractivity contribution in [2.24, 2.45) is 0 Å². The summed E-state index contributed by atoms with van der Waals surface area (Å²) in [4.78, 5) is 21.5. The molecule has 0 aliphatic carbocycles. The molecule has 0 saturated carbocycles. The molecule has 0 atom stereocenters. The third kappa shape index (κ3) is 2.89. The van der Waals surface area contributed by atoms with E-state index >= 15 is 0 Å². The number of hydrogen-bond donors (Lipinski definition) is 0. The first kappa shape index (κ1) is 15.5. The van der Waals surface area contributed by atoms with E-state index in [4.69, 9.17) is 13.9 Å². The molecule has 24 heavy (non-hydrogen) atoms. The lowest BCUT2D eigenvalue weighted by Gasteiger charge is -2.09. The minimum atomic E-state index is -1.08. The summed E-state index contributed by atoms with van der Waals surface area (Å²) >= 11 is 0. The molecule has 122 valence electrons. The fourth-order valence-electron chi connectivity index (χ4n) is 2.15. The fourth-order valence-corrected chi connectivity index (χ4v) is 2.15. The van der Waals surface area contributed by atoms with Crippen LogP contribution in [-0.4, -0.2) is 12.0 Å². The van der Waals surface area contributed by atoms with Crippen molar-refractivity contribution in [3.05, 3.63) is 68.8 Å². The van der Waals surface area contributed by atoms with Crippen LogP contribution in [0, 0.1) is 15.9 Å². The van der Waals surface area contributed by atoms with Crippen LogP contribution in [0.5, 0.6) is 17.2 Å². The van der Waals surface area contributed by atoms with Gasteiger partial charge in [0, 0.05) is 29.7 Å². The Bertz CT molecular complexity index is 998. The third-order valence-electron chi connectivity index (χ3n) is 3.24. The number of halogens is 1. The third-order valence-corrected chi connectivity index (χ3v) is 3.24. The number of nitrogens with zero attached hydrogens (tertiary/aromatic N) is 1. The van der Waals surface area contributed by atoms with Crippen LogP contribution in [0.25, 0.3) is 11.0 Å². The van der Waals surface area contributed by atoms with Gasteiger partial charge in [-0.15, -0.1) is 0 Å². The van der Waals surface area contributed by atoms with E-state index in [-0.39, 0.29) is 22.8 Å². The van der Waals surface area contributed by atoms with Crippen molar-refractivity contribution < 1.29 is 23.2 Å². The van der Waals surface area contributed by atoms with Crippen molar-refractivity contribution in [3.63, 3.8) is 0 Å². The van der Waals surface area contributed by atoms with Crippen LogP contribution in [0.1, 0.15) is 0 Å². The number of nitro benzene ring substituents is 1. The van der Waals surface area contributed by atoms with Crippen molar-refractivity contribution in [2.45, 2.75) is 0 Å². The summed E-state index contributed by atoms with van der Waals surface area (Å²) in [6, 6.07) is 9.44. The highest BCUT2D eigenvalue weighted by Crippen LogP contribution is 2.37. The van der Waals surface area contributed by atoms with Gasteiger partial charge in [-0.1, -0.05) is 0 Å². The zero-order valence-corrected chi connectivity index (χ0v) is 12.3. The van der Waals surface area contributed by atoms with Crippen molar-refractivity contribution in [2.75, 3.05) is 7.11 Å². The lowest BCUT2D eigenvalue weighted by molar-refractivity contribution is -0.388. The summed E-state index contributed by atoms with van der Waals surface area (Å²) in [5.74, 6) is -1.19. The van der Waals surface area contributed by atoms with Gasteiger partial charge in [-0.3, -0.25) is 10.1 Å². The minimum absolute atomic E-state index is 0.0698. The van der Waals surface area contributed by atoms with Gasteiger partial charge in [0.2, 0.25) is 11.6 Å². The van der Waals surface area contributed by atoms with Gasteiger partial charge < -0.3 is 13.9 Å². The molecular weight excluding hydrogens is 321 g/mol. The number of nitro groups is 1. The van der Waals surface area contributed by atoms with Gasteiger partial charge in [0.25, 0.3) is 0 Å². The SMILES string of the molecule is COc1cc(F)c([N+](=O)[O-])c(Oc2ccc3ccc(=O)oc3c2)c1. The molecule has 0 bridgehead atoms. The Hall–Kier alpha value is -3.42. The lowest BCUT2D eigenvalue weighted by atomic mass is 10.2. The molecule has 0 unspecified atom stereocenters. The van der Waals surface area contributed by atoms with Crippen LogP contribution in [0.2, 0.25) is 0 Å². The van der Waals surface area contributed by atoms with Crippen LogP contribution < -0.4 is 15.1 Å². The smallest absolute Gasteiger partial charge is 0.347 e. The largest absolute Gasteiger partial charge is 0.497 e. The normalized spacial score (nSPS) is 10.6. The molecule has 0 amide bonds. The molecule has 0 aliphatic rings. The van der Waals surface area contributed by atoms with Crippen LogP contribution >= 0.6 is 0 Å². The van der Waals surface area contributed by atoms with Gasteiger partial charge in [-0.2, -0.15) is 4.39 Å². The maximum Gasteiger partial charge on any atom is 0.347 e. The Labute approximate surface area is 134 Å². The van der Waals surface area contributed by atoms with Crippen molar-refractivity contribution in [3.8, 4) is 17.2 Å². The Balaban J connectivity index is 2.08. The molecule has 2 aromatic carbocycles. The summed E-state index contributed by atoms with van der Waals surface area (Å²) in [5.41, 5.74) is -1.12. The van der Waals surface area contributed by atoms with Crippen LogP contribution in [0.4, 0.5) is 10.1 Å². The van der Waals surface area contributed by atoms with Crippen molar-refractivity contribution in [1.82, 2.24) is 0 Å². The number of fused-ring (bicyclic) bond motifs is 1. The Kier molecular flexibility index (Phi) is 3.87. The zero-order valence-electron chi connectivity index (χ0n) is 12.3. The summed E-state index contributed by atoms with van der Waals surface area (Å²) in [7, 11) is 1.30. The molecule has 0 saturated heterocycles. The molecule has 8 heteroatoms. The Morgan fingerprint density at radius 2 is 1.88 bits per heavy atom. The lowest BCUT2D eigenvalue weighted by Crippen LogP contribution is -1.99. The number of hydrogen-bond acceptors (Lipinski definition) is 6. The molecule has 0 fully saturated rings. The number of methoxy groups -OCH3 is 1. The van der Waals surface area contributed by atoms with E-state index in [9.17, 15) is 19.3 Å². The molecule has 0 N–H and O–H groups in total. The summed E-state index contributed by atoms with van der Waals surface area (Å²) in [5, 5.41) is 11.7. The van der Waals surface area contributed by atoms with E-state index in [2.05, 4.69) is 0 Å².